The number of amides is 1. The molecule has 0 aliphatic rings. The predicted octanol–water partition coefficient (Wildman–Crippen LogP) is 10.8. The van der Waals surface area contributed by atoms with Gasteiger partial charge in [-0.1, -0.05) is 165 Å². The molecule has 0 aromatic carbocycles. The van der Waals surface area contributed by atoms with Crippen LogP contribution in [0.4, 0.5) is 0 Å². The number of hydrogen-bond acceptors (Lipinski definition) is 3. The summed E-state index contributed by atoms with van der Waals surface area (Å²) in [5, 5.41) is 23.0. The highest BCUT2D eigenvalue weighted by molar-refractivity contribution is 5.76. The van der Waals surface area contributed by atoms with Crippen molar-refractivity contribution >= 4 is 5.91 Å². The molecule has 4 nitrogen and oxygen atoms in total. The molecule has 250 valence electrons. The minimum Gasteiger partial charge on any atom is -0.394 e. The van der Waals surface area contributed by atoms with Gasteiger partial charge in [0.15, 0.2) is 0 Å². The molecular formula is C39H71NO3. The van der Waals surface area contributed by atoms with Gasteiger partial charge in [0.25, 0.3) is 0 Å². The third-order valence-electron chi connectivity index (χ3n) is 8.10. The van der Waals surface area contributed by atoms with Crippen molar-refractivity contribution in [1.82, 2.24) is 5.32 Å². The molecule has 0 bridgehead atoms. The molecule has 4 heteroatoms. The zero-order valence-electron chi connectivity index (χ0n) is 28.5. The molecule has 43 heavy (non-hydrogen) atoms. The van der Waals surface area contributed by atoms with Gasteiger partial charge in [0, 0.05) is 6.42 Å². The molecule has 0 aliphatic carbocycles. The summed E-state index contributed by atoms with van der Waals surface area (Å²) < 4.78 is 0. The number of nitrogens with one attached hydrogen (secondary N) is 1. The molecular weight excluding hydrogens is 530 g/mol. The topological polar surface area (TPSA) is 69.6 Å². The molecule has 3 N–H and O–H groups in total. The highest BCUT2D eigenvalue weighted by Gasteiger charge is 2.19. The Bertz CT molecular complexity index is 697. The van der Waals surface area contributed by atoms with E-state index in [1.165, 1.54) is 83.5 Å². The Balaban J connectivity index is 3.62. The van der Waals surface area contributed by atoms with Crippen LogP contribution in [0.2, 0.25) is 0 Å². The summed E-state index contributed by atoms with van der Waals surface area (Å²) in [5.74, 6) is -0.0490. The quantitative estimate of drug-likeness (QED) is 0.0530. The number of rotatable bonds is 32. The van der Waals surface area contributed by atoms with Gasteiger partial charge in [-0.05, 0) is 51.4 Å². The number of hydrogen-bond donors (Lipinski definition) is 3. The molecule has 0 fully saturated rings. The minimum absolute atomic E-state index is 0.0490. The Morgan fingerprint density at radius 3 is 1.53 bits per heavy atom. The first kappa shape index (κ1) is 41.4. The second-order valence-electron chi connectivity index (χ2n) is 12.3. The number of allylic oxidation sites excluding steroid dienone is 8. The predicted molar refractivity (Wildman–Crippen MR) is 188 cm³/mol. The zero-order valence-corrected chi connectivity index (χ0v) is 28.5. The Morgan fingerprint density at radius 2 is 1.02 bits per heavy atom. The maximum Gasteiger partial charge on any atom is 0.220 e. The highest BCUT2D eigenvalue weighted by atomic mass is 16.3. The fourth-order valence-corrected chi connectivity index (χ4v) is 5.29. The van der Waals surface area contributed by atoms with Gasteiger partial charge in [0.05, 0.1) is 18.8 Å². The summed E-state index contributed by atoms with van der Waals surface area (Å²) in [7, 11) is 0. The largest absolute Gasteiger partial charge is 0.394 e. The minimum atomic E-state index is -0.665. The summed E-state index contributed by atoms with van der Waals surface area (Å²) in [6.07, 6.45) is 45.9. The molecule has 2 unspecified atom stereocenters. The van der Waals surface area contributed by atoms with E-state index in [-0.39, 0.29) is 12.5 Å². The lowest BCUT2D eigenvalue weighted by molar-refractivity contribution is -0.123. The van der Waals surface area contributed by atoms with Crippen LogP contribution in [0.1, 0.15) is 174 Å². The molecule has 1 amide bonds. The van der Waals surface area contributed by atoms with E-state index in [1.54, 1.807) is 0 Å². The monoisotopic (exact) mass is 602 g/mol. The van der Waals surface area contributed by atoms with Crippen LogP contribution in [-0.4, -0.2) is 34.9 Å². The average molecular weight is 602 g/mol. The van der Waals surface area contributed by atoms with Crippen molar-refractivity contribution in [3.05, 3.63) is 48.6 Å². The van der Waals surface area contributed by atoms with Crippen LogP contribution in [0.15, 0.2) is 48.6 Å². The van der Waals surface area contributed by atoms with Crippen LogP contribution < -0.4 is 5.32 Å². The summed E-state index contributed by atoms with van der Waals surface area (Å²) >= 11 is 0. The fourth-order valence-electron chi connectivity index (χ4n) is 5.29. The van der Waals surface area contributed by atoms with Crippen LogP contribution in [0, 0.1) is 0 Å². The third-order valence-corrected chi connectivity index (χ3v) is 8.10. The second kappa shape index (κ2) is 34.8. The van der Waals surface area contributed by atoms with Gasteiger partial charge >= 0.3 is 0 Å². The summed E-state index contributed by atoms with van der Waals surface area (Å²) in [5.41, 5.74) is 0. The smallest absolute Gasteiger partial charge is 0.220 e. The van der Waals surface area contributed by atoms with E-state index in [2.05, 4.69) is 67.8 Å². The number of unbranched alkanes of at least 4 members (excludes halogenated alkanes) is 17. The maximum atomic E-state index is 12.3. The molecule has 0 spiro atoms. The van der Waals surface area contributed by atoms with E-state index in [4.69, 9.17) is 0 Å². The van der Waals surface area contributed by atoms with Crippen molar-refractivity contribution in [3.8, 4) is 0 Å². The van der Waals surface area contributed by atoms with E-state index in [9.17, 15) is 15.0 Å². The molecule has 0 radical (unpaired) electrons. The molecule has 0 saturated carbocycles. The first-order valence-electron chi connectivity index (χ1n) is 18.3. The van der Waals surface area contributed by atoms with Crippen molar-refractivity contribution in [2.45, 2.75) is 187 Å². The number of aliphatic hydroxyl groups is 2. The molecule has 0 aromatic heterocycles. The van der Waals surface area contributed by atoms with Crippen molar-refractivity contribution in [2.75, 3.05) is 6.61 Å². The molecule has 0 aliphatic heterocycles. The second-order valence-corrected chi connectivity index (χ2v) is 12.3. The highest BCUT2D eigenvalue weighted by Crippen LogP contribution is 2.14. The number of carbonyl (C=O) groups is 1. The van der Waals surface area contributed by atoms with Gasteiger partial charge in [0.2, 0.25) is 5.91 Å². The molecule has 0 aromatic rings. The lowest BCUT2D eigenvalue weighted by Crippen LogP contribution is -2.45. The molecule has 0 saturated heterocycles. The van der Waals surface area contributed by atoms with Gasteiger partial charge in [0.1, 0.15) is 0 Å². The summed E-state index contributed by atoms with van der Waals surface area (Å²) in [6, 6.07) is -0.543. The lowest BCUT2D eigenvalue weighted by atomic mass is 10.0. The average Bonchev–Trinajstić information content (AvgIpc) is 3.01. The van der Waals surface area contributed by atoms with Crippen LogP contribution >= 0.6 is 0 Å². The van der Waals surface area contributed by atoms with Crippen LogP contribution in [-0.2, 0) is 4.79 Å². The lowest BCUT2D eigenvalue weighted by Gasteiger charge is -2.22. The van der Waals surface area contributed by atoms with Crippen molar-refractivity contribution < 1.29 is 15.0 Å². The van der Waals surface area contributed by atoms with Gasteiger partial charge in [-0.2, -0.15) is 0 Å². The molecule has 2 atom stereocenters. The van der Waals surface area contributed by atoms with Crippen molar-refractivity contribution in [2.24, 2.45) is 0 Å². The Morgan fingerprint density at radius 1 is 0.581 bits per heavy atom. The Hall–Kier alpha value is -1.65. The van der Waals surface area contributed by atoms with Crippen LogP contribution in [0.25, 0.3) is 0 Å². The maximum absolute atomic E-state index is 12.3. The van der Waals surface area contributed by atoms with Gasteiger partial charge in [-0.25, -0.2) is 0 Å². The molecule has 0 rings (SSSR count). The Labute approximate surface area is 267 Å². The van der Waals surface area contributed by atoms with Gasteiger partial charge in [-0.15, -0.1) is 0 Å². The van der Waals surface area contributed by atoms with E-state index < -0.39 is 12.1 Å². The van der Waals surface area contributed by atoms with Crippen LogP contribution in [0.5, 0.6) is 0 Å². The Kier molecular flexibility index (Phi) is 33.5. The van der Waals surface area contributed by atoms with Crippen molar-refractivity contribution in [1.29, 1.82) is 0 Å². The van der Waals surface area contributed by atoms with E-state index >= 15 is 0 Å². The summed E-state index contributed by atoms with van der Waals surface area (Å²) in [6.45, 7) is 4.22. The fraction of sp³-hybridized carbons (Fsp3) is 0.769. The third kappa shape index (κ3) is 31.6. The van der Waals surface area contributed by atoms with E-state index in [0.29, 0.717) is 12.8 Å². The number of carbonyl (C=O) groups excluding carboxylic acids is 1. The van der Waals surface area contributed by atoms with Gasteiger partial charge < -0.3 is 15.5 Å². The normalized spacial score (nSPS) is 13.7. The van der Waals surface area contributed by atoms with Crippen molar-refractivity contribution in [3.63, 3.8) is 0 Å². The van der Waals surface area contributed by atoms with Crippen LogP contribution in [0.3, 0.4) is 0 Å². The SMILES string of the molecule is CC/C=C\C/C=C\C/C=C\C/C=C\CCCCCCCCC(=O)NC(CO)C(O)CCCCCCCCCCCCCC. The summed E-state index contributed by atoms with van der Waals surface area (Å²) in [4.78, 5) is 12.3. The standard InChI is InChI=1S/C39H71NO3/c1-3-5-7-9-11-13-15-17-18-19-20-21-22-23-25-27-29-31-33-35-39(43)40-37(36-41)38(42)34-32-30-28-26-24-16-14-12-10-8-6-4-2/h5,7,11,13,17-18,20-21,37-38,41-42H,3-4,6,8-10,12,14-16,19,22-36H2,1-2H3,(H,40,43)/b7-5-,13-11-,18-17-,21-20-. The first-order chi connectivity index (χ1) is 21.2. The first-order valence-corrected chi connectivity index (χ1v) is 18.3. The molecule has 0 heterocycles. The van der Waals surface area contributed by atoms with E-state index in [0.717, 1.165) is 64.2 Å². The number of aliphatic hydroxyl groups excluding tert-OH is 2. The zero-order chi connectivity index (χ0) is 31.5. The van der Waals surface area contributed by atoms with Gasteiger partial charge in [-0.3, -0.25) is 4.79 Å². The van der Waals surface area contributed by atoms with E-state index in [1.807, 2.05) is 0 Å².